The molecule has 1 aromatic carbocycles. The van der Waals surface area contributed by atoms with Crippen LogP contribution in [0.15, 0.2) is 24.3 Å². The van der Waals surface area contributed by atoms with Crippen molar-refractivity contribution in [3.63, 3.8) is 0 Å². The van der Waals surface area contributed by atoms with E-state index in [0.717, 1.165) is 17.7 Å². The van der Waals surface area contributed by atoms with Gasteiger partial charge in [-0.15, -0.1) is 0 Å². The van der Waals surface area contributed by atoms with Crippen molar-refractivity contribution >= 4 is 23.4 Å². The molecule has 0 aromatic heterocycles. The third-order valence-electron chi connectivity index (χ3n) is 2.67. The van der Waals surface area contributed by atoms with Crippen molar-refractivity contribution in [1.82, 2.24) is 5.32 Å². The molecule has 17 heavy (non-hydrogen) atoms. The summed E-state index contributed by atoms with van der Waals surface area (Å²) in [6.07, 6.45) is 2.76. The van der Waals surface area contributed by atoms with Crippen LogP contribution in [0.25, 0.3) is 0 Å². The second-order valence-electron chi connectivity index (χ2n) is 4.16. The van der Waals surface area contributed by atoms with Gasteiger partial charge in [0, 0.05) is 17.6 Å². The zero-order valence-electron chi connectivity index (χ0n) is 10.3. The quantitative estimate of drug-likeness (QED) is 0.801. The van der Waals surface area contributed by atoms with Gasteiger partial charge in [0.2, 0.25) is 0 Å². The molecule has 4 heteroatoms. The lowest BCUT2D eigenvalue weighted by atomic mass is 10.1. The number of benzene rings is 1. The lowest BCUT2D eigenvalue weighted by Gasteiger charge is -2.17. The van der Waals surface area contributed by atoms with Crippen molar-refractivity contribution in [2.45, 2.75) is 25.5 Å². The summed E-state index contributed by atoms with van der Waals surface area (Å²) in [5.41, 5.74) is 0.902. The highest BCUT2D eigenvalue weighted by Gasteiger charge is 2.09. The Balaban J connectivity index is 2.34. The third kappa shape index (κ3) is 5.77. The molecular weight excluding hydrogens is 254 g/mol. The van der Waals surface area contributed by atoms with E-state index in [0.29, 0.717) is 17.6 Å². The largest absolute Gasteiger partial charge is 0.387 e. The van der Waals surface area contributed by atoms with Crippen molar-refractivity contribution in [1.29, 1.82) is 0 Å². The van der Waals surface area contributed by atoms with Crippen LogP contribution in [0.3, 0.4) is 0 Å². The van der Waals surface area contributed by atoms with E-state index in [1.807, 2.05) is 23.9 Å². The highest BCUT2D eigenvalue weighted by atomic mass is 35.5. The van der Waals surface area contributed by atoms with Crippen LogP contribution in [0, 0.1) is 0 Å². The van der Waals surface area contributed by atoms with E-state index in [1.54, 1.807) is 12.1 Å². The number of nitrogens with one attached hydrogen (secondary N) is 1. The minimum atomic E-state index is -0.469. The fourth-order valence-electron chi connectivity index (χ4n) is 1.51. The summed E-state index contributed by atoms with van der Waals surface area (Å²) in [5.74, 6) is 1.14. The molecule has 0 saturated carbocycles. The van der Waals surface area contributed by atoms with Crippen LogP contribution in [0.5, 0.6) is 0 Å². The molecule has 0 aliphatic carbocycles. The van der Waals surface area contributed by atoms with Gasteiger partial charge in [-0.1, -0.05) is 23.7 Å². The number of aliphatic hydroxyl groups is 1. The standard InChI is InChI=1S/C13H20ClNOS/c1-10(7-8-17-2)15-9-13(16)11-3-5-12(14)6-4-11/h3-6,10,13,15-16H,7-9H2,1-2H3. The van der Waals surface area contributed by atoms with E-state index in [-0.39, 0.29) is 0 Å². The first-order chi connectivity index (χ1) is 8.13. The second-order valence-corrected chi connectivity index (χ2v) is 5.58. The van der Waals surface area contributed by atoms with Gasteiger partial charge in [0.25, 0.3) is 0 Å². The van der Waals surface area contributed by atoms with Crippen LogP contribution < -0.4 is 5.32 Å². The maximum Gasteiger partial charge on any atom is 0.0914 e. The molecule has 1 rings (SSSR count). The molecule has 0 heterocycles. The Hall–Kier alpha value is -0.220. The second kappa shape index (κ2) is 7.98. The van der Waals surface area contributed by atoms with Crippen LogP contribution in [-0.4, -0.2) is 29.7 Å². The van der Waals surface area contributed by atoms with E-state index in [9.17, 15) is 5.11 Å². The SMILES string of the molecule is CSCCC(C)NCC(O)c1ccc(Cl)cc1. The highest BCUT2D eigenvalue weighted by Crippen LogP contribution is 2.16. The Kier molecular flexibility index (Phi) is 6.97. The monoisotopic (exact) mass is 273 g/mol. The van der Waals surface area contributed by atoms with Gasteiger partial charge >= 0.3 is 0 Å². The first-order valence-corrected chi connectivity index (χ1v) is 7.56. The molecule has 2 atom stereocenters. The molecule has 96 valence electrons. The number of aliphatic hydroxyl groups excluding tert-OH is 1. The predicted molar refractivity (Wildman–Crippen MR) is 76.9 cm³/mol. The zero-order valence-corrected chi connectivity index (χ0v) is 11.9. The summed E-state index contributed by atoms with van der Waals surface area (Å²) >= 11 is 7.65. The molecule has 1 aromatic rings. The number of hydrogen-bond donors (Lipinski definition) is 2. The Bertz CT molecular complexity index is 318. The van der Waals surface area contributed by atoms with Gasteiger partial charge in [0.1, 0.15) is 0 Å². The maximum absolute atomic E-state index is 9.97. The molecule has 2 unspecified atom stereocenters. The Morgan fingerprint density at radius 1 is 1.35 bits per heavy atom. The Labute approximate surface area is 113 Å². The van der Waals surface area contributed by atoms with Crippen LogP contribution in [0.2, 0.25) is 5.02 Å². The van der Waals surface area contributed by atoms with E-state index in [2.05, 4.69) is 18.5 Å². The Morgan fingerprint density at radius 3 is 2.59 bits per heavy atom. The number of thioether (sulfide) groups is 1. The van der Waals surface area contributed by atoms with Crippen molar-refractivity contribution in [3.05, 3.63) is 34.9 Å². The molecule has 0 aliphatic heterocycles. The van der Waals surface area contributed by atoms with Crippen molar-refractivity contribution in [2.75, 3.05) is 18.6 Å². The first kappa shape index (κ1) is 14.8. The van der Waals surface area contributed by atoms with Crippen molar-refractivity contribution in [2.24, 2.45) is 0 Å². The molecule has 0 bridgehead atoms. The van der Waals surface area contributed by atoms with E-state index in [4.69, 9.17) is 11.6 Å². The molecule has 0 aliphatic rings. The van der Waals surface area contributed by atoms with E-state index >= 15 is 0 Å². The van der Waals surface area contributed by atoms with Crippen molar-refractivity contribution < 1.29 is 5.11 Å². The third-order valence-corrected chi connectivity index (χ3v) is 3.57. The van der Waals surface area contributed by atoms with Gasteiger partial charge in [0.15, 0.2) is 0 Å². The summed E-state index contributed by atoms with van der Waals surface area (Å²) in [4.78, 5) is 0. The molecule has 2 N–H and O–H groups in total. The molecular formula is C13H20ClNOS. The van der Waals surface area contributed by atoms with Crippen LogP contribution in [-0.2, 0) is 0 Å². The molecule has 0 amide bonds. The highest BCUT2D eigenvalue weighted by molar-refractivity contribution is 7.98. The van der Waals surface area contributed by atoms with Crippen LogP contribution in [0.1, 0.15) is 25.0 Å². The van der Waals surface area contributed by atoms with Gasteiger partial charge < -0.3 is 10.4 Å². The lowest BCUT2D eigenvalue weighted by molar-refractivity contribution is 0.170. The summed E-state index contributed by atoms with van der Waals surface area (Å²) in [6, 6.07) is 7.76. The summed E-state index contributed by atoms with van der Waals surface area (Å²) in [5, 5.41) is 14.0. The zero-order chi connectivity index (χ0) is 12.7. The minimum absolute atomic E-state index is 0.435. The van der Waals surface area contributed by atoms with Gasteiger partial charge in [-0.25, -0.2) is 0 Å². The minimum Gasteiger partial charge on any atom is -0.387 e. The molecule has 0 fully saturated rings. The number of rotatable bonds is 7. The fraction of sp³-hybridized carbons (Fsp3) is 0.538. The molecule has 0 saturated heterocycles. The lowest BCUT2D eigenvalue weighted by Crippen LogP contribution is -2.30. The molecule has 2 nitrogen and oxygen atoms in total. The van der Waals surface area contributed by atoms with Gasteiger partial charge in [0.05, 0.1) is 6.10 Å². The van der Waals surface area contributed by atoms with Gasteiger partial charge in [-0.2, -0.15) is 11.8 Å². The fourth-order valence-corrected chi connectivity index (χ4v) is 2.23. The first-order valence-electron chi connectivity index (χ1n) is 5.79. The van der Waals surface area contributed by atoms with E-state index in [1.165, 1.54) is 0 Å². The van der Waals surface area contributed by atoms with Gasteiger partial charge in [-0.05, 0) is 43.0 Å². The normalized spacial score (nSPS) is 14.6. The molecule has 0 radical (unpaired) electrons. The Morgan fingerprint density at radius 2 is 2.00 bits per heavy atom. The maximum atomic E-state index is 9.97. The van der Waals surface area contributed by atoms with Crippen LogP contribution in [0.4, 0.5) is 0 Å². The number of hydrogen-bond acceptors (Lipinski definition) is 3. The summed E-state index contributed by atoms with van der Waals surface area (Å²) in [7, 11) is 0. The average molecular weight is 274 g/mol. The number of halogens is 1. The topological polar surface area (TPSA) is 32.3 Å². The predicted octanol–water partition coefficient (Wildman–Crippen LogP) is 3.10. The van der Waals surface area contributed by atoms with Gasteiger partial charge in [-0.3, -0.25) is 0 Å². The average Bonchev–Trinajstić information content (AvgIpc) is 2.34. The molecule has 0 spiro atoms. The smallest absolute Gasteiger partial charge is 0.0914 e. The summed E-state index contributed by atoms with van der Waals surface area (Å²) < 4.78 is 0. The summed E-state index contributed by atoms with van der Waals surface area (Å²) in [6.45, 7) is 2.72. The van der Waals surface area contributed by atoms with E-state index < -0.39 is 6.10 Å². The van der Waals surface area contributed by atoms with Crippen molar-refractivity contribution in [3.8, 4) is 0 Å². The van der Waals surface area contributed by atoms with Crippen LogP contribution >= 0.6 is 23.4 Å².